The SMILES string of the molecule is COc1cc(C(=O)N2CCN(S(=O)(=O)c3c4c(c(OC)c5c3OCO5)CN(C)CC4)CC2)cc2c1OCCCO2. The maximum Gasteiger partial charge on any atom is 0.254 e. The first-order valence-corrected chi connectivity index (χ1v) is 14.7. The molecule has 0 atom stereocenters. The number of likely N-dealkylation sites (N-methyl/N-ethyl adjacent to an activating group) is 1. The predicted octanol–water partition coefficient (Wildman–Crippen LogP) is 1.73. The molecule has 2 aromatic rings. The quantitative estimate of drug-likeness (QED) is 0.522. The molecule has 12 nitrogen and oxygen atoms in total. The van der Waals surface area contributed by atoms with Gasteiger partial charge in [-0.25, -0.2) is 8.42 Å². The molecule has 0 bridgehead atoms. The van der Waals surface area contributed by atoms with Crippen LogP contribution in [0.15, 0.2) is 17.0 Å². The number of nitrogens with zero attached hydrogens (tertiary/aromatic N) is 3. The van der Waals surface area contributed by atoms with Gasteiger partial charge >= 0.3 is 0 Å². The molecular formula is C27H33N3O9S. The minimum absolute atomic E-state index is 0.0752. The minimum Gasteiger partial charge on any atom is -0.493 e. The van der Waals surface area contributed by atoms with Crippen LogP contribution < -0.4 is 28.4 Å². The number of sulfonamides is 1. The van der Waals surface area contributed by atoms with Crippen LogP contribution in [-0.2, 0) is 23.0 Å². The largest absolute Gasteiger partial charge is 0.493 e. The number of ether oxygens (including phenoxy) is 6. The van der Waals surface area contributed by atoms with Gasteiger partial charge < -0.3 is 38.2 Å². The fourth-order valence-corrected chi connectivity index (χ4v) is 7.52. The molecule has 0 radical (unpaired) electrons. The summed E-state index contributed by atoms with van der Waals surface area (Å²) in [6.45, 7) is 2.91. The molecule has 0 saturated carbocycles. The van der Waals surface area contributed by atoms with Crippen LogP contribution in [0.5, 0.6) is 34.5 Å². The molecule has 4 heterocycles. The van der Waals surface area contributed by atoms with Crippen molar-refractivity contribution in [3.8, 4) is 34.5 Å². The second kappa shape index (κ2) is 10.5. The molecule has 0 spiro atoms. The molecule has 0 N–H and O–H groups in total. The van der Waals surface area contributed by atoms with Gasteiger partial charge in [-0.3, -0.25) is 4.79 Å². The fourth-order valence-electron chi connectivity index (χ4n) is 5.70. The fraction of sp³-hybridized carbons (Fsp3) is 0.519. The van der Waals surface area contributed by atoms with E-state index in [0.29, 0.717) is 72.6 Å². The molecule has 4 aliphatic rings. The van der Waals surface area contributed by atoms with Crippen molar-refractivity contribution in [2.24, 2.45) is 0 Å². The van der Waals surface area contributed by atoms with E-state index >= 15 is 0 Å². The Kier molecular flexibility index (Phi) is 7.05. The highest BCUT2D eigenvalue weighted by molar-refractivity contribution is 7.89. The van der Waals surface area contributed by atoms with Gasteiger partial charge in [-0.15, -0.1) is 0 Å². The molecular weight excluding hydrogens is 542 g/mol. The summed E-state index contributed by atoms with van der Waals surface area (Å²) < 4.78 is 63.7. The molecule has 6 rings (SSSR count). The molecule has 0 aliphatic carbocycles. The Bertz CT molecular complexity index is 1440. The van der Waals surface area contributed by atoms with Gasteiger partial charge in [0.1, 0.15) is 4.90 Å². The van der Waals surface area contributed by atoms with Crippen molar-refractivity contribution in [1.82, 2.24) is 14.1 Å². The molecule has 4 aliphatic heterocycles. The highest BCUT2D eigenvalue weighted by atomic mass is 32.2. The highest BCUT2D eigenvalue weighted by Crippen LogP contribution is 2.52. The lowest BCUT2D eigenvalue weighted by molar-refractivity contribution is 0.0696. The zero-order valence-corrected chi connectivity index (χ0v) is 23.7. The third-order valence-electron chi connectivity index (χ3n) is 7.72. The van der Waals surface area contributed by atoms with Crippen LogP contribution >= 0.6 is 0 Å². The van der Waals surface area contributed by atoms with Crippen LogP contribution in [0, 0.1) is 0 Å². The van der Waals surface area contributed by atoms with Gasteiger partial charge in [0, 0.05) is 56.8 Å². The standard InChI is InChI=1S/C27H33N3O9S/c1-28-6-5-18-19(15-28)22(35-3)24-25(39-16-38-24)26(18)40(32,33)30-9-7-29(8-10-30)27(31)17-13-20(34-2)23-21(14-17)36-11-4-12-37-23/h13-14H,4-12,15-16H2,1-3H3. The van der Waals surface area contributed by atoms with Crippen LogP contribution in [0.3, 0.4) is 0 Å². The van der Waals surface area contributed by atoms with Gasteiger partial charge in [-0.2, -0.15) is 4.31 Å². The summed E-state index contributed by atoms with van der Waals surface area (Å²) in [6, 6.07) is 3.30. The minimum atomic E-state index is -3.95. The van der Waals surface area contributed by atoms with E-state index in [0.717, 1.165) is 12.0 Å². The highest BCUT2D eigenvalue weighted by Gasteiger charge is 2.41. The zero-order chi connectivity index (χ0) is 28.0. The first-order valence-electron chi connectivity index (χ1n) is 13.3. The van der Waals surface area contributed by atoms with E-state index in [2.05, 4.69) is 4.90 Å². The number of hydrogen-bond donors (Lipinski definition) is 0. The summed E-state index contributed by atoms with van der Waals surface area (Å²) in [5.74, 6) is 2.20. The molecule has 13 heteroatoms. The number of methoxy groups -OCH3 is 2. The Morgan fingerprint density at radius 2 is 1.62 bits per heavy atom. The van der Waals surface area contributed by atoms with E-state index in [-0.39, 0.29) is 49.5 Å². The Balaban J connectivity index is 1.26. The first kappa shape index (κ1) is 26.8. The van der Waals surface area contributed by atoms with Crippen molar-refractivity contribution in [3.05, 3.63) is 28.8 Å². The lowest BCUT2D eigenvalue weighted by Gasteiger charge is -2.35. The Labute approximate surface area is 233 Å². The second-order valence-electron chi connectivity index (χ2n) is 10.1. The van der Waals surface area contributed by atoms with Crippen LogP contribution in [-0.4, -0.2) is 102 Å². The molecule has 0 aromatic heterocycles. The molecule has 216 valence electrons. The summed E-state index contributed by atoms with van der Waals surface area (Å²) in [4.78, 5) is 17.4. The van der Waals surface area contributed by atoms with E-state index in [1.54, 1.807) is 24.1 Å². The van der Waals surface area contributed by atoms with Crippen molar-refractivity contribution in [3.63, 3.8) is 0 Å². The third kappa shape index (κ3) is 4.45. The van der Waals surface area contributed by atoms with Crippen molar-refractivity contribution >= 4 is 15.9 Å². The maximum absolute atomic E-state index is 14.1. The Morgan fingerprint density at radius 1 is 0.875 bits per heavy atom. The monoisotopic (exact) mass is 575 g/mol. The molecule has 2 aromatic carbocycles. The van der Waals surface area contributed by atoms with Gasteiger partial charge in [-0.05, 0) is 31.2 Å². The van der Waals surface area contributed by atoms with Gasteiger partial charge in [0.25, 0.3) is 5.91 Å². The van der Waals surface area contributed by atoms with Gasteiger partial charge in [0.15, 0.2) is 23.0 Å². The van der Waals surface area contributed by atoms with Crippen LogP contribution in [0.1, 0.15) is 27.9 Å². The number of carbonyl (C=O) groups excluding carboxylic acids is 1. The Morgan fingerprint density at radius 3 is 2.38 bits per heavy atom. The number of fused-ring (bicyclic) bond motifs is 3. The molecule has 1 fully saturated rings. The smallest absolute Gasteiger partial charge is 0.254 e. The van der Waals surface area contributed by atoms with E-state index in [1.165, 1.54) is 11.4 Å². The first-order chi connectivity index (χ1) is 19.3. The van der Waals surface area contributed by atoms with Crippen molar-refractivity contribution in [2.75, 3.05) is 74.0 Å². The van der Waals surface area contributed by atoms with Crippen LogP contribution in [0.25, 0.3) is 0 Å². The summed E-state index contributed by atoms with van der Waals surface area (Å²) >= 11 is 0. The number of benzene rings is 2. The topological polar surface area (TPSA) is 116 Å². The molecule has 40 heavy (non-hydrogen) atoms. The van der Waals surface area contributed by atoms with E-state index < -0.39 is 10.0 Å². The molecule has 0 unspecified atom stereocenters. The average molecular weight is 576 g/mol. The zero-order valence-electron chi connectivity index (χ0n) is 22.9. The van der Waals surface area contributed by atoms with Crippen molar-refractivity contribution in [1.29, 1.82) is 0 Å². The summed E-state index contributed by atoms with van der Waals surface area (Å²) in [7, 11) is 1.10. The average Bonchev–Trinajstić information content (AvgIpc) is 3.31. The predicted molar refractivity (Wildman–Crippen MR) is 142 cm³/mol. The number of rotatable bonds is 5. The third-order valence-corrected chi connectivity index (χ3v) is 9.71. The normalized spacial score (nSPS) is 19.1. The number of hydrogen-bond acceptors (Lipinski definition) is 10. The number of amides is 1. The van der Waals surface area contributed by atoms with Gasteiger partial charge in [0.05, 0.1) is 27.4 Å². The number of carbonyl (C=O) groups is 1. The summed E-state index contributed by atoms with van der Waals surface area (Å²) in [5.41, 5.74) is 1.90. The number of piperazine rings is 1. The van der Waals surface area contributed by atoms with Crippen LogP contribution in [0.4, 0.5) is 0 Å². The lowest BCUT2D eigenvalue weighted by atomic mass is 9.97. The van der Waals surface area contributed by atoms with Crippen LogP contribution in [0.2, 0.25) is 0 Å². The molecule has 1 amide bonds. The maximum atomic E-state index is 14.1. The van der Waals surface area contributed by atoms with Crippen molar-refractivity contribution < 1.29 is 41.6 Å². The molecule has 1 saturated heterocycles. The van der Waals surface area contributed by atoms with E-state index in [1.807, 2.05) is 7.05 Å². The van der Waals surface area contributed by atoms with E-state index in [9.17, 15) is 13.2 Å². The van der Waals surface area contributed by atoms with Gasteiger partial charge in [0.2, 0.25) is 28.3 Å². The lowest BCUT2D eigenvalue weighted by Crippen LogP contribution is -2.50. The van der Waals surface area contributed by atoms with Crippen molar-refractivity contribution in [2.45, 2.75) is 24.3 Å². The van der Waals surface area contributed by atoms with Gasteiger partial charge in [-0.1, -0.05) is 0 Å². The second-order valence-corrected chi connectivity index (χ2v) is 12.0. The summed E-state index contributed by atoms with van der Waals surface area (Å²) in [5, 5.41) is 0. The van der Waals surface area contributed by atoms with E-state index in [4.69, 9.17) is 28.4 Å². The summed E-state index contributed by atoms with van der Waals surface area (Å²) in [6.07, 6.45) is 1.27. The Hall–Kier alpha value is -3.42.